The summed E-state index contributed by atoms with van der Waals surface area (Å²) >= 11 is 5.74. The number of anilines is 2. The van der Waals surface area contributed by atoms with Gasteiger partial charge in [-0.3, -0.25) is 4.72 Å². The van der Waals surface area contributed by atoms with Crippen molar-refractivity contribution in [2.24, 2.45) is 7.05 Å². The highest BCUT2D eigenvalue weighted by molar-refractivity contribution is 7.92. The molecule has 0 aliphatic carbocycles. The van der Waals surface area contributed by atoms with Crippen LogP contribution in [0.25, 0.3) is 22.2 Å². The zero-order valence-electron chi connectivity index (χ0n) is 17.1. The normalized spacial score (nSPS) is 12.2. The predicted molar refractivity (Wildman–Crippen MR) is 117 cm³/mol. The van der Waals surface area contributed by atoms with E-state index in [-0.39, 0.29) is 11.4 Å². The van der Waals surface area contributed by atoms with Gasteiger partial charge in [-0.25, -0.2) is 22.8 Å². The number of ether oxygens (including phenoxy) is 1. The van der Waals surface area contributed by atoms with Gasteiger partial charge < -0.3 is 15.0 Å². The third-order valence-electron chi connectivity index (χ3n) is 4.76. The lowest BCUT2D eigenvalue weighted by Gasteiger charge is -2.13. The van der Waals surface area contributed by atoms with Crippen molar-refractivity contribution >= 4 is 44.2 Å². The van der Waals surface area contributed by atoms with Gasteiger partial charge in [-0.15, -0.1) is 13.2 Å². The molecule has 2 heterocycles. The van der Waals surface area contributed by atoms with Gasteiger partial charge in [0.1, 0.15) is 23.5 Å². The number of nitrogens with zero attached hydrogens (tertiary/aromatic N) is 3. The zero-order chi connectivity index (χ0) is 24.8. The van der Waals surface area contributed by atoms with Crippen molar-refractivity contribution in [3.63, 3.8) is 0 Å². The van der Waals surface area contributed by atoms with Crippen LogP contribution in [0.1, 0.15) is 0 Å². The minimum absolute atomic E-state index is 0.0271. The number of alkyl halides is 3. The lowest BCUT2D eigenvalue weighted by atomic mass is 10.0. The maximum Gasteiger partial charge on any atom is 0.573 e. The second-order valence-corrected chi connectivity index (χ2v) is 9.11. The second-order valence-electron chi connectivity index (χ2n) is 7.02. The van der Waals surface area contributed by atoms with Crippen molar-refractivity contribution < 1.29 is 30.7 Å². The Hall–Kier alpha value is -3.58. The number of nitrogens with one attached hydrogen (secondary N) is 1. The van der Waals surface area contributed by atoms with E-state index in [9.17, 15) is 21.6 Å². The van der Waals surface area contributed by atoms with Crippen molar-refractivity contribution in [1.82, 2.24) is 14.5 Å². The molecule has 0 radical (unpaired) electrons. The van der Waals surface area contributed by atoms with Crippen LogP contribution in [0.3, 0.4) is 0 Å². The SMILES string of the molecule is Cn1cc(-c2cccc(NS(=O)(=O)c3ccc(OC(F)(F)F)c(Cl)c3)c2F)c2c(N)ncnc21. The largest absolute Gasteiger partial charge is 0.573 e. The Morgan fingerprint density at radius 2 is 1.88 bits per heavy atom. The molecule has 178 valence electrons. The molecular weight excluding hydrogens is 502 g/mol. The van der Waals surface area contributed by atoms with Gasteiger partial charge in [0.15, 0.2) is 5.82 Å². The molecule has 0 amide bonds. The first kappa shape index (κ1) is 23.6. The molecule has 3 N–H and O–H groups in total. The number of nitrogen functional groups attached to an aromatic ring is 1. The maximum absolute atomic E-state index is 15.4. The van der Waals surface area contributed by atoms with Crippen LogP contribution >= 0.6 is 11.6 Å². The minimum Gasteiger partial charge on any atom is -0.404 e. The molecule has 0 saturated heterocycles. The maximum atomic E-state index is 15.4. The van der Waals surface area contributed by atoms with E-state index in [2.05, 4.69) is 19.4 Å². The van der Waals surface area contributed by atoms with E-state index < -0.39 is 43.6 Å². The summed E-state index contributed by atoms with van der Waals surface area (Å²) in [5.74, 6) is -1.58. The first-order chi connectivity index (χ1) is 15.9. The Kier molecular flexibility index (Phi) is 5.77. The topological polar surface area (TPSA) is 112 Å². The third-order valence-corrected chi connectivity index (χ3v) is 6.41. The van der Waals surface area contributed by atoms with Gasteiger partial charge in [0.2, 0.25) is 0 Å². The van der Waals surface area contributed by atoms with Gasteiger partial charge in [-0.2, -0.15) is 0 Å². The molecule has 2 aromatic heterocycles. The summed E-state index contributed by atoms with van der Waals surface area (Å²) in [6.07, 6.45) is -2.17. The summed E-state index contributed by atoms with van der Waals surface area (Å²) in [5, 5.41) is -0.211. The van der Waals surface area contributed by atoms with Crippen molar-refractivity contribution in [2.75, 3.05) is 10.5 Å². The Balaban J connectivity index is 1.72. The molecule has 14 heteroatoms. The minimum atomic E-state index is -5.01. The number of aromatic nitrogens is 3. The van der Waals surface area contributed by atoms with Crippen LogP contribution < -0.4 is 15.2 Å². The van der Waals surface area contributed by atoms with E-state index in [0.29, 0.717) is 16.6 Å². The number of rotatable bonds is 5. The zero-order valence-corrected chi connectivity index (χ0v) is 18.6. The van der Waals surface area contributed by atoms with E-state index in [1.165, 1.54) is 24.5 Å². The van der Waals surface area contributed by atoms with Crippen molar-refractivity contribution in [1.29, 1.82) is 0 Å². The Bertz CT molecular complexity index is 1520. The number of aryl methyl sites for hydroxylation is 1. The van der Waals surface area contributed by atoms with Gasteiger partial charge in [0.25, 0.3) is 10.0 Å². The number of hydrogen-bond donors (Lipinski definition) is 2. The van der Waals surface area contributed by atoms with Gasteiger partial charge in [0, 0.05) is 24.4 Å². The predicted octanol–water partition coefficient (Wildman–Crippen LogP) is 4.71. The molecular formula is C20H14ClF4N5O3S. The van der Waals surface area contributed by atoms with Gasteiger partial charge >= 0.3 is 6.36 Å². The van der Waals surface area contributed by atoms with Gasteiger partial charge in [-0.1, -0.05) is 23.7 Å². The number of sulfonamides is 1. The van der Waals surface area contributed by atoms with Crippen LogP contribution in [0, 0.1) is 5.82 Å². The molecule has 0 unspecified atom stereocenters. The molecule has 4 rings (SSSR count). The van der Waals surface area contributed by atoms with Gasteiger partial charge in [0.05, 0.1) is 21.0 Å². The van der Waals surface area contributed by atoms with Gasteiger partial charge in [-0.05, 0) is 24.3 Å². The summed E-state index contributed by atoms with van der Waals surface area (Å²) in [7, 11) is -2.75. The highest BCUT2D eigenvalue weighted by Crippen LogP contribution is 2.37. The van der Waals surface area contributed by atoms with E-state index in [4.69, 9.17) is 17.3 Å². The fourth-order valence-electron chi connectivity index (χ4n) is 3.32. The fourth-order valence-corrected chi connectivity index (χ4v) is 4.69. The Morgan fingerprint density at radius 1 is 1.15 bits per heavy atom. The second kappa shape index (κ2) is 8.33. The summed E-state index contributed by atoms with van der Waals surface area (Å²) < 4.78 is 85.6. The number of halogens is 5. The number of benzene rings is 2. The lowest BCUT2D eigenvalue weighted by Crippen LogP contribution is -2.18. The smallest absolute Gasteiger partial charge is 0.404 e. The summed E-state index contributed by atoms with van der Waals surface area (Å²) in [5.41, 5.74) is 6.35. The van der Waals surface area contributed by atoms with E-state index in [1.807, 2.05) is 0 Å². The third kappa shape index (κ3) is 4.43. The average molecular weight is 516 g/mol. The van der Waals surface area contributed by atoms with Crippen LogP contribution in [0.15, 0.2) is 53.8 Å². The number of fused-ring (bicyclic) bond motifs is 1. The first-order valence-electron chi connectivity index (χ1n) is 9.30. The molecule has 0 atom stereocenters. The highest BCUT2D eigenvalue weighted by Gasteiger charge is 2.32. The number of nitrogens with two attached hydrogens (primary N) is 1. The monoisotopic (exact) mass is 515 g/mol. The Morgan fingerprint density at radius 3 is 2.56 bits per heavy atom. The highest BCUT2D eigenvalue weighted by atomic mass is 35.5. The number of hydrogen-bond acceptors (Lipinski definition) is 6. The molecule has 4 aromatic rings. The molecule has 0 saturated carbocycles. The average Bonchev–Trinajstić information content (AvgIpc) is 3.08. The Labute approximate surface area is 195 Å². The summed E-state index contributed by atoms with van der Waals surface area (Å²) in [6, 6.07) is 6.38. The molecule has 0 fully saturated rings. The van der Waals surface area contributed by atoms with Crippen molar-refractivity contribution in [2.45, 2.75) is 11.3 Å². The van der Waals surface area contributed by atoms with Crippen molar-refractivity contribution in [3.8, 4) is 16.9 Å². The van der Waals surface area contributed by atoms with E-state index >= 15 is 4.39 Å². The summed E-state index contributed by atoms with van der Waals surface area (Å²) in [6.45, 7) is 0. The van der Waals surface area contributed by atoms with Crippen molar-refractivity contribution in [3.05, 3.63) is 59.8 Å². The van der Waals surface area contributed by atoms with Crippen LogP contribution in [0.2, 0.25) is 5.02 Å². The fraction of sp³-hybridized carbons (Fsp3) is 0.100. The molecule has 2 aromatic carbocycles. The molecule has 0 bridgehead atoms. The van der Waals surface area contributed by atoms with Crippen LogP contribution in [0.4, 0.5) is 29.1 Å². The quantitative estimate of drug-likeness (QED) is 0.372. The molecule has 8 nitrogen and oxygen atoms in total. The van der Waals surface area contributed by atoms with Crippen LogP contribution in [-0.2, 0) is 17.1 Å². The molecule has 34 heavy (non-hydrogen) atoms. The van der Waals surface area contributed by atoms with E-state index in [1.54, 1.807) is 17.8 Å². The van der Waals surface area contributed by atoms with Crippen LogP contribution in [-0.4, -0.2) is 29.3 Å². The van der Waals surface area contributed by atoms with E-state index in [0.717, 1.165) is 18.2 Å². The first-order valence-corrected chi connectivity index (χ1v) is 11.2. The molecule has 0 aliphatic heterocycles. The van der Waals surface area contributed by atoms with Crippen LogP contribution in [0.5, 0.6) is 5.75 Å². The summed E-state index contributed by atoms with van der Waals surface area (Å²) in [4.78, 5) is 7.54. The molecule has 0 aliphatic rings. The lowest BCUT2D eigenvalue weighted by molar-refractivity contribution is -0.274. The molecule has 0 spiro atoms. The standard InChI is InChI=1S/C20H14ClF4N5O3S/c1-30-8-12(16-18(26)27-9-28-19(16)30)11-3-2-4-14(17(11)22)29-34(31,32)10-5-6-15(13(21)7-10)33-20(23,24)25/h2-9,29H,1H3,(H2,26,27,28).